The largest absolute Gasteiger partial charge is 0.430 e. The topological polar surface area (TPSA) is 60.4 Å². The highest BCUT2D eigenvalue weighted by atomic mass is 16.5. The van der Waals surface area contributed by atoms with Crippen molar-refractivity contribution < 1.29 is 8.83 Å². The van der Waals surface area contributed by atoms with Gasteiger partial charge in [-0.05, 0) is 26.2 Å². The van der Waals surface area contributed by atoms with Gasteiger partial charge in [0.1, 0.15) is 11.5 Å². The SMILES string of the molecule is CCCCCc1oc2oc(C)cc(=O)c2c(=O)c1CCCC. The lowest BCUT2D eigenvalue weighted by Crippen LogP contribution is -2.19. The van der Waals surface area contributed by atoms with E-state index in [0.29, 0.717) is 23.5 Å². The van der Waals surface area contributed by atoms with E-state index in [1.807, 2.05) is 0 Å². The number of unbranched alkanes of at least 4 members (excludes halogenated alkanes) is 3. The molecule has 0 unspecified atom stereocenters. The first-order valence-corrected chi connectivity index (χ1v) is 8.17. The van der Waals surface area contributed by atoms with Crippen molar-refractivity contribution in [3.63, 3.8) is 0 Å². The molecule has 0 saturated heterocycles. The first kappa shape index (κ1) is 16.5. The van der Waals surface area contributed by atoms with Crippen molar-refractivity contribution in [2.75, 3.05) is 0 Å². The van der Waals surface area contributed by atoms with E-state index in [0.717, 1.165) is 38.5 Å². The number of aryl methyl sites for hydroxylation is 2. The van der Waals surface area contributed by atoms with Crippen LogP contribution in [0.4, 0.5) is 0 Å². The molecule has 120 valence electrons. The quantitative estimate of drug-likeness (QED) is 0.722. The van der Waals surface area contributed by atoms with E-state index >= 15 is 0 Å². The van der Waals surface area contributed by atoms with Crippen molar-refractivity contribution in [2.24, 2.45) is 0 Å². The smallest absolute Gasteiger partial charge is 0.305 e. The van der Waals surface area contributed by atoms with Crippen molar-refractivity contribution in [3.8, 4) is 0 Å². The molecule has 0 radical (unpaired) electrons. The Bertz CT molecular complexity index is 752. The first-order valence-electron chi connectivity index (χ1n) is 8.17. The van der Waals surface area contributed by atoms with Gasteiger partial charge in [-0.2, -0.15) is 0 Å². The third kappa shape index (κ3) is 3.49. The van der Waals surface area contributed by atoms with Gasteiger partial charge in [0, 0.05) is 18.1 Å². The summed E-state index contributed by atoms with van der Waals surface area (Å²) in [6.07, 6.45) is 6.45. The molecule has 0 aliphatic heterocycles. The molecule has 0 aliphatic carbocycles. The maximum atomic E-state index is 12.7. The van der Waals surface area contributed by atoms with Crippen LogP contribution in [0.1, 0.15) is 63.0 Å². The second-order valence-electron chi connectivity index (χ2n) is 5.78. The van der Waals surface area contributed by atoms with E-state index in [9.17, 15) is 9.59 Å². The summed E-state index contributed by atoms with van der Waals surface area (Å²) in [4.78, 5) is 24.8. The van der Waals surface area contributed by atoms with Gasteiger partial charge < -0.3 is 8.83 Å². The Hall–Kier alpha value is -1.84. The van der Waals surface area contributed by atoms with Crippen LogP contribution in [0.15, 0.2) is 24.5 Å². The summed E-state index contributed by atoms with van der Waals surface area (Å²) >= 11 is 0. The molecule has 0 N–H and O–H groups in total. The summed E-state index contributed by atoms with van der Waals surface area (Å²) in [6, 6.07) is 1.35. The Morgan fingerprint density at radius 3 is 2.36 bits per heavy atom. The van der Waals surface area contributed by atoms with Crippen LogP contribution in [0, 0.1) is 6.92 Å². The minimum absolute atomic E-state index is 0.0518. The van der Waals surface area contributed by atoms with Gasteiger partial charge in [-0.15, -0.1) is 0 Å². The Kier molecular flexibility index (Phi) is 5.58. The summed E-state index contributed by atoms with van der Waals surface area (Å²) in [5.74, 6) is 1.22. The molecule has 2 heterocycles. The Morgan fingerprint density at radius 2 is 1.68 bits per heavy atom. The second-order valence-corrected chi connectivity index (χ2v) is 5.78. The number of hydrogen-bond donors (Lipinski definition) is 0. The van der Waals surface area contributed by atoms with E-state index < -0.39 is 0 Å². The van der Waals surface area contributed by atoms with Gasteiger partial charge in [0.25, 0.3) is 0 Å². The van der Waals surface area contributed by atoms with Crippen molar-refractivity contribution >= 4 is 11.2 Å². The average molecular weight is 304 g/mol. The van der Waals surface area contributed by atoms with Crippen LogP contribution in [-0.2, 0) is 12.8 Å². The number of rotatable bonds is 7. The van der Waals surface area contributed by atoms with Gasteiger partial charge in [-0.3, -0.25) is 9.59 Å². The number of fused-ring (bicyclic) bond motifs is 1. The van der Waals surface area contributed by atoms with Gasteiger partial charge in [-0.1, -0.05) is 33.1 Å². The van der Waals surface area contributed by atoms with Crippen LogP contribution < -0.4 is 10.9 Å². The molecule has 2 rings (SSSR count). The van der Waals surface area contributed by atoms with Gasteiger partial charge in [0.2, 0.25) is 5.43 Å². The highest BCUT2D eigenvalue weighted by Gasteiger charge is 2.18. The van der Waals surface area contributed by atoms with Crippen LogP contribution in [-0.4, -0.2) is 0 Å². The van der Waals surface area contributed by atoms with Crippen LogP contribution in [0.2, 0.25) is 0 Å². The van der Waals surface area contributed by atoms with E-state index in [2.05, 4.69) is 13.8 Å². The molecule has 2 aromatic heterocycles. The molecular formula is C18H24O4. The van der Waals surface area contributed by atoms with Crippen molar-refractivity contribution in [1.29, 1.82) is 0 Å². The molecule has 0 saturated carbocycles. The lowest BCUT2D eigenvalue weighted by Gasteiger charge is -2.09. The lowest BCUT2D eigenvalue weighted by atomic mass is 10.0. The highest BCUT2D eigenvalue weighted by Crippen LogP contribution is 2.18. The van der Waals surface area contributed by atoms with Gasteiger partial charge in [-0.25, -0.2) is 0 Å². The highest BCUT2D eigenvalue weighted by molar-refractivity contribution is 5.71. The van der Waals surface area contributed by atoms with Crippen LogP contribution in [0.25, 0.3) is 11.2 Å². The molecule has 4 heteroatoms. The second kappa shape index (κ2) is 7.43. The minimum atomic E-state index is -0.314. The van der Waals surface area contributed by atoms with Gasteiger partial charge in [0.15, 0.2) is 10.8 Å². The summed E-state index contributed by atoms with van der Waals surface area (Å²) in [7, 11) is 0. The number of hydrogen-bond acceptors (Lipinski definition) is 4. The van der Waals surface area contributed by atoms with Crippen LogP contribution >= 0.6 is 0 Å². The summed E-state index contributed by atoms with van der Waals surface area (Å²) in [6.45, 7) is 5.90. The van der Waals surface area contributed by atoms with Crippen molar-refractivity contribution in [3.05, 3.63) is 43.6 Å². The fourth-order valence-electron chi connectivity index (χ4n) is 2.66. The Labute approximate surface area is 130 Å². The van der Waals surface area contributed by atoms with E-state index in [-0.39, 0.29) is 22.0 Å². The molecule has 0 atom stereocenters. The molecule has 4 nitrogen and oxygen atoms in total. The standard InChI is InChI=1S/C18H24O4/c1-4-6-8-10-15-13(9-7-5-2)17(20)16-14(19)11-12(3)21-18(16)22-15/h11H,4-10H2,1-3H3. The maximum Gasteiger partial charge on any atom is 0.305 e. The van der Waals surface area contributed by atoms with E-state index in [1.165, 1.54) is 6.07 Å². The Morgan fingerprint density at radius 1 is 0.955 bits per heavy atom. The van der Waals surface area contributed by atoms with Crippen molar-refractivity contribution in [1.82, 2.24) is 0 Å². The summed E-state index contributed by atoms with van der Waals surface area (Å²) < 4.78 is 11.3. The maximum absolute atomic E-state index is 12.7. The predicted molar refractivity (Wildman–Crippen MR) is 87.6 cm³/mol. The monoisotopic (exact) mass is 304 g/mol. The summed E-state index contributed by atoms with van der Waals surface area (Å²) in [5.41, 5.74) is 0.127. The summed E-state index contributed by atoms with van der Waals surface area (Å²) in [5, 5.41) is 0.0518. The van der Waals surface area contributed by atoms with Crippen LogP contribution in [0.3, 0.4) is 0 Å². The molecule has 0 aromatic carbocycles. The van der Waals surface area contributed by atoms with Crippen LogP contribution in [0.5, 0.6) is 0 Å². The molecule has 0 fully saturated rings. The zero-order valence-corrected chi connectivity index (χ0v) is 13.7. The predicted octanol–water partition coefficient (Wildman–Crippen LogP) is 4.13. The lowest BCUT2D eigenvalue weighted by molar-refractivity contribution is 0.412. The molecule has 0 spiro atoms. The molecule has 0 bridgehead atoms. The Balaban J connectivity index is 2.59. The molecule has 0 aliphatic rings. The van der Waals surface area contributed by atoms with E-state index in [1.54, 1.807) is 6.92 Å². The fourth-order valence-corrected chi connectivity index (χ4v) is 2.66. The molecule has 2 aromatic rings. The molecular weight excluding hydrogens is 280 g/mol. The van der Waals surface area contributed by atoms with Gasteiger partial charge in [0.05, 0.1) is 0 Å². The van der Waals surface area contributed by atoms with Crippen molar-refractivity contribution in [2.45, 2.75) is 65.7 Å². The third-order valence-electron chi connectivity index (χ3n) is 3.88. The third-order valence-corrected chi connectivity index (χ3v) is 3.88. The molecule has 22 heavy (non-hydrogen) atoms. The first-order chi connectivity index (χ1) is 10.6. The normalized spacial score (nSPS) is 11.2. The molecule has 0 amide bonds. The zero-order valence-electron chi connectivity index (χ0n) is 13.7. The average Bonchev–Trinajstić information content (AvgIpc) is 2.46. The fraction of sp³-hybridized carbons (Fsp3) is 0.556. The van der Waals surface area contributed by atoms with Gasteiger partial charge >= 0.3 is 5.78 Å². The zero-order chi connectivity index (χ0) is 16.1. The van der Waals surface area contributed by atoms with E-state index in [4.69, 9.17) is 8.83 Å². The minimum Gasteiger partial charge on any atom is -0.430 e.